The lowest BCUT2D eigenvalue weighted by atomic mass is 10.2. The Balaban J connectivity index is 1.58. The number of piperazine rings is 1. The van der Waals surface area contributed by atoms with Gasteiger partial charge in [0.05, 0.1) is 51.1 Å². The summed E-state index contributed by atoms with van der Waals surface area (Å²) in [5.41, 5.74) is 1.78. The summed E-state index contributed by atoms with van der Waals surface area (Å²) in [6.45, 7) is 5.49. The van der Waals surface area contributed by atoms with Gasteiger partial charge >= 0.3 is 0 Å². The van der Waals surface area contributed by atoms with Crippen molar-refractivity contribution in [2.75, 3.05) is 50.6 Å². The molecule has 0 bridgehead atoms. The summed E-state index contributed by atoms with van der Waals surface area (Å²) in [6, 6.07) is 13.2. The maximum Gasteiger partial charge on any atom is 0.282 e. The summed E-state index contributed by atoms with van der Waals surface area (Å²) >= 11 is 6.14. The normalized spacial score (nSPS) is 15.8. The molecule has 2 aromatic rings. The van der Waals surface area contributed by atoms with E-state index in [-0.39, 0.29) is 11.9 Å². The molecule has 0 spiro atoms. The number of halogens is 1. The van der Waals surface area contributed by atoms with Gasteiger partial charge in [-0.25, -0.2) is 0 Å². The number of rotatable bonds is 6. The monoisotopic (exact) mass is 404 g/mol. The van der Waals surface area contributed by atoms with Gasteiger partial charge in [0.1, 0.15) is 11.5 Å². The molecule has 1 amide bonds. The summed E-state index contributed by atoms with van der Waals surface area (Å²) in [6.07, 6.45) is 0. The first-order valence-electron chi connectivity index (χ1n) is 9.40. The number of nitrogens with one attached hydrogen (secondary N) is 2. The van der Waals surface area contributed by atoms with Crippen molar-refractivity contribution < 1.29 is 19.2 Å². The quantitative estimate of drug-likeness (QED) is 0.774. The van der Waals surface area contributed by atoms with Gasteiger partial charge in [-0.1, -0.05) is 23.7 Å². The Kier molecular flexibility index (Phi) is 6.65. The van der Waals surface area contributed by atoms with Gasteiger partial charge in [-0.2, -0.15) is 0 Å². The molecule has 3 rings (SSSR count). The van der Waals surface area contributed by atoms with Crippen LogP contribution in [0.3, 0.4) is 0 Å². The van der Waals surface area contributed by atoms with E-state index in [1.54, 1.807) is 32.4 Å². The van der Waals surface area contributed by atoms with E-state index in [4.69, 9.17) is 21.1 Å². The number of para-hydroxylation sites is 2. The van der Waals surface area contributed by atoms with Gasteiger partial charge in [-0.15, -0.1) is 0 Å². The lowest BCUT2D eigenvalue weighted by Crippen LogP contribution is -3.19. The summed E-state index contributed by atoms with van der Waals surface area (Å²) < 4.78 is 10.6. The first-order chi connectivity index (χ1) is 13.5. The minimum absolute atomic E-state index is 0.0121. The molecule has 1 atom stereocenters. The van der Waals surface area contributed by atoms with Crippen LogP contribution >= 0.6 is 11.6 Å². The Morgan fingerprint density at radius 2 is 1.79 bits per heavy atom. The molecule has 0 saturated carbocycles. The molecule has 150 valence electrons. The number of hydrogen-bond acceptors (Lipinski definition) is 4. The molecule has 0 unspecified atom stereocenters. The van der Waals surface area contributed by atoms with Crippen molar-refractivity contribution in [3.8, 4) is 11.5 Å². The van der Waals surface area contributed by atoms with Gasteiger partial charge in [0, 0.05) is 5.69 Å². The van der Waals surface area contributed by atoms with Crippen LogP contribution in [-0.2, 0) is 4.79 Å². The van der Waals surface area contributed by atoms with Crippen LogP contribution in [0.15, 0.2) is 42.5 Å². The van der Waals surface area contributed by atoms with Crippen molar-refractivity contribution >= 4 is 28.9 Å². The van der Waals surface area contributed by atoms with E-state index in [0.29, 0.717) is 16.5 Å². The van der Waals surface area contributed by atoms with Crippen LogP contribution in [0.4, 0.5) is 11.4 Å². The highest BCUT2D eigenvalue weighted by Gasteiger charge is 2.30. The highest BCUT2D eigenvalue weighted by Crippen LogP contribution is 2.28. The van der Waals surface area contributed by atoms with E-state index in [1.807, 2.05) is 25.1 Å². The van der Waals surface area contributed by atoms with Gasteiger partial charge in [0.15, 0.2) is 6.04 Å². The van der Waals surface area contributed by atoms with Crippen LogP contribution in [0.2, 0.25) is 5.02 Å². The number of ether oxygens (including phenoxy) is 2. The van der Waals surface area contributed by atoms with Crippen LogP contribution in [0, 0.1) is 0 Å². The second-order valence-electron chi connectivity index (χ2n) is 6.88. The number of methoxy groups -OCH3 is 2. The van der Waals surface area contributed by atoms with Crippen molar-refractivity contribution in [2.45, 2.75) is 13.0 Å². The fourth-order valence-corrected chi connectivity index (χ4v) is 3.80. The van der Waals surface area contributed by atoms with E-state index < -0.39 is 0 Å². The van der Waals surface area contributed by atoms with Gasteiger partial charge in [0.25, 0.3) is 5.91 Å². The lowest BCUT2D eigenvalue weighted by Gasteiger charge is -2.36. The average molecular weight is 405 g/mol. The van der Waals surface area contributed by atoms with Crippen molar-refractivity contribution in [3.63, 3.8) is 0 Å². The minimum Gasteiger partial charge on any atom is -0.495 e. The number of quaternary nitrogens is 1. The van der Waals surface area contributed by atoms with Gasteiger partial charge in [-0.3, -0.25) is 4.79 Å². The molecular formula is C21H27ClN3O3+. The Labute approximate surface area is 171 Å². The van der Waals surface area contributed by atoms with Gasteiger partial charge in [-0.05, 0) is 37.3 Å². The highest BCUT2D eigenvalue weighted by molar-refractivity contribution is 6.32. The maximum absolute atomic E-state index is 12.7. The molecule has 7 heteroatoms. The fourth-order valence-electron chi connectivity index (χ4n) is 3.54. The first kappa shape index (κ1) is 20.3. The minimum atomic E-state index is -0.152. The number of carbonyl (C=O) groups is 1. The zero-order chi connectivity index (χ0) is 20.1. The number of hydrogen-bond donors (Lipinski definition) is 2. The summed E-state index contributed by atoms with van der Waals surface area (Å²) in [5.74, 6) is 1.46. The van der Waals surface area contributed by atoms with Gasteiger partial charge in [0.2, 0.25) is 0 Å². The largest absolute Gasteiger partial charge is 0.495 e. The third kappa shape index (κ3) is 4.51. The van der Waals surface area contributed by atoms with Crippen molar-refractivity contribution in [3.05, 3.63) is 47.5 Å². The molecule has 0 aromatic heterocycles. The standard InChI is InChI=1S/C21H26ClN3O3/c1-15(21(26)23-16-8-9-19(27-2)17(22)14-16)24-10-12-25(13-11-24)18-6-4-5-7-20(18)28-3/h4-9,14-15H,10-13H2,1-3H3,(H,23,26)/p+1/t15-/m1/s1. The van der Waals surface area contributed by atoms with Crippen LogP contribution in [0.1, 0.15) is 6.92 Å². The second-order valence-corrected chi connectivity index (χ2v) is 7.28. The molecule has 1 aliphatic heterocycles. The van der Waals surface area contributed by atoms with Crippen molar-refractivity contribution in [1.82, 2.24) is 0 Å². The zero-order valence-electron chi connectivity index (χ0n) is 16.5. The highest BCUT2D eigenvalue weighted by atomic mass is 35.5. The number of anilines is 2. The van der Waals surface area contributed by atoms with E-state index in [9.17, 15) is 4.79 Å². The summed E-state index contributed by atoms with van der Waals surface area (Å²) in [7, 11) is 3.26. The third-order valence-corrected chi connectivity index (χ3v) is 5.55. The van der Waals surface area contributed by atoms with Gasteiger partial charge < -0.3 is 24.6 Å². The lowest BCUT2D eigenvalue weighted by molar-refractivity contribution is -0.914. The molecule has 6 nitrogen and oxygen atoms in total. The SMILES string of the molecule is COc1ccc(NC(=O)[C@@H](C)[NH+]2CCN(c3ccccc3OC)CC2)cc1Cl. The predicted octanol–water partition coefficient (Wildman–Crippen LogP) is 2.09. The van der Waals surface area contributed by atoms with Crippen molar-refractivity contribution in [1.29, 1.82) is 0 Å². The van der Waals surface area contributed by atoms with Crippen LogP contribution in [-0.4, -0.2) is 52.3 Å². The maximum atomic E-state index is 12.7. The average Bonchev–Trinajstić information content (AvgIpc) is 2.73. The van der Waals surface area contributed by atoms with E-state index in [0.717, 1.165) is 37.6 Å². The molecule has 1 aliphatic rings. The smallest absolute Gasteiger partial charge is 0.282 e. The topological polar surface area (TPSA) is 55.2 Å². The predicted molar refractivity (Wildman–Crippen MR) is 112 cm³/mol. The van der Waals surface area contributed by atoms with Crippen LogP contribution in [0.25, 0.3) is 0 Å². The molecule has 28 heavy (non-hydrogen) atoms. The molecule has 1 fully saturated rings. The molecule has 2 N–H and O–H groups in total. The number of carbonyl (C=O) groups excluding carboxylic acids is 1. The third-order valence-electron chi connectivity index (χ3n) is 5.26. The van der Waals surface area contributed by atoms with E-state index in [2.05, 4.69) is 16.3 Å². The molecule has 0 radical (unpaired) electrons. The Morgan fingerprint density at radius 3 is 2.43 bits per heavy atom. The Bertz CT molecular complexity index is 822. The summed E-state index contributed by atoms with van der Waals surface area (Å²) in [5, 5.41) is 3.44. The molecule has 0 aliphatic carbocycles. The summed E-state index contributed by atoms with van der Waals surface area (Å²) in [4.78, 5) is 16.3. The number of benzene rings is 2. The van der Waals surface area contributed by atoms with E-state index >= 15 is 0 Å². The zero-order valence-corrected chi connectivity index (χ0v) is 17.3. The van der Waals surface area contributed by atoms with Crippen LogP contribution < -0.4 is 24.6 Å². The van der Waals surface area contributed by atoms with Crippen molar-refractivity contribution in [2.24, 2.45) is 0 Å². The number of amides is 1. The van der Waals surface area contributed by atoms with Crippen LogP contribution in [0.5, 0.6) is 11.5 Å². The first-order valence-corrected chi connectivity index (χ1v) is 9.78. The Hall–Kier alpha value is -2.44. The number of nitrogens with zero attached hydrogens (tertiary/aromatic N) is 1. The second kappa shape index (κ2) is 9.17. The molecule has 2 aromatic carbocycles. The fraction of sp³-hybridized carbons (Fsp3) is 0.381. The van der Waals surface area contributed by atoms with E-state index in [1.165, 1.54) is 4.90 Å². The Morgan fingerprint density at radius 1 is 1.11 bits per heavy atom. The molecule has 1 heterocycles. The molecular weight excluding hydrogens is 378 g/mol. The molecule has 1 saturated heterocycles.